The Morgan fingerprint density at radius 2 is 2.00 bits per heavy atom. The Morgan fingerprint density at radius 3 is 2.69 bits per heavy atom. The largest absolute Gasteiger partial charge is 0.492 e. The van der Waals surface area contributed by atoms with Gasteiger partial charge in [-0.25, -0.2) is 4.98 Å². The molecule has 2 aromatic carbocycles. The standard InChI is InChI=1S/C22H22BrClN2O2S/c1-14(2)16-7-10-20(18(23)12-16)28-11-3-4-21(27)26-22-25-19(13-29-22)15-5-8-17(24)9-6-15/h5-10,12-14H,3-4,11H2,1-2H3,(H,25,26,27). The lowest BCUT2D eigenvalue weighted by molar-refractivity contribution is -0.116. The molecule has 0 spiro atoms. The molecule has 3 aromatic rings. The van der Waals surface area contributed by atoms with Gasteiger partial charge in [0.1, 0.15) is 5.75 Å². The fraction of sp³-hybridized carbons (Fsp3) is 0.273. The van der Waals surface area contributed by atoms with E-state index >= 15 is 0 Å². The van der Waals surface area contributed by atoms with Crippen LogP contribution in [0, 0.1) is 0 Å². The number of benzene rings is 2. The molecule has 0 fully saturated rings. The van der Waals surface area contributed by atoms with Gasteiger partial charge >= 0.3 is 0 Å². The van der Waals surface area contributed by atoms with Crippen LogP contribution < -0.4 is 10.1 Å². The molecule has 1 heterocycles. The van der Waals surface area contributed by atoms with Crippen LogP contribution in [0.3, 0.4) is 0 Å². The van der Waals surface area contributed by atoms with Gasteiger partial charge in [-0.2, -0.15) is 0 Å². The van der Waals surface area contributed by atoms with Crippen LogP contribution in [-0.2, 0) is 4.79 Å². The predicted octanol–water partition coefficient (Wildman–Crippen LogP) is 7.15. The first-order chi connectivity index (χ1) is 13.9. The van der Waals surface area contributed by atoms with Crippen LogP contribution in [0.5, 0.6) is 5.75 Å². The van der Waals surface area contributed by atoms with Crippen molar-refractivity contribution in [3.63, 3.8) is 0 Å². The van der Waals surface area contributed by atoms with Crippen LogP contribution in [0.2, 0.25) is 5.02 Å². The molecule has 1 amide bonds. The van der Waals surface area contributed by atoms with Crippen molar-refractivity contribution in [2.75, 3.05) is 11.9 Å². The number of amides is 1. The van der Waals surface area contributed by atoms with Gasteiger partial charge in [-0.05, 0) is 58.1 Å². The van der Waals surface area contributed by atoms with E-state index in [4.69, 9.17) is 16.3 Å². The van der Waals surface area contributed by atoms with Gasteiger partial charge in [0.25, 0.3) is 0 Å². The fourth-order valence-corrected chi connectivity index (χ4v) is 4.05. The average molecular weight is 494 g/mol. The smallest absolute Gasteiger partial charge is 0.226 e. The van der Waals surface area contributed by atoms with Crippen LogP contribution in [0.15, 0.2) is 52.3 Å². The lowest BCUT2D eigenvalue weighted by Gasteiger charge is -2.11. The SMILES string of the molecule is CC(C)c1ccc(OCCCC(=O)Nc2nc(-c3ccc(Cl)cc3)cs2)c(Br)c1. The molecule has 0 saturated carbocycles. The van der Waals surface area contributed by atoms with Crippen LogP contribution in [0.25, 0.3) is 11.3 Å². The maximum Gasteiger partial charge on any atom is 0.226 e. The maximum absolute atomic E-state index is 12.2. The van der Waals surface area contributed by atoms with Gasteiger partial charge in [-0.15, -0.1) is 11.3 Å². The summed E-state index contributed by atoms with van der Waals surface area (Å²) < 4.78 is 6.73. The number of carbonyl (C=O) groups excluding carboxylic acids is 1. The van der Waals surface area contributed by atoms with E-state index in [9.17, 15) is 4.79 Å². The summed E-state index contributed by atoms with van der Waals surface area (Å²) in [7, 11) is 0. The quantitative estimate of drug-likeness (QED) is 0.339. The fourth-order valence-electron chi connectivity index (χ4n) is 2.67. The summed E-state index contributed by atoms with van der Waals surface area (Å²) >= 11 is 10.9. The van der Waals surface area contributed by atoms with Gasteiger partial charge < -0.3 is 10.1 Å². The van der Waals surface area contributed by atoms with E-state index in [1.165, 1.54) is 16.9 Å². The van der Waals surface area contributed by atoms with Gasteiger partial charge in [0.05, 0.1) is 16.8 Å². The highest BCUT2D eigenvalue weighted by Crippen LogP contribution is 2.29. The van der Waals surface area contributed by atoms with E-state index in [-0.39, 0.29) is 5.91 Å². The molecule has 0 aliphatic heterocycles. The molecule has 3 rings (SSSR count). The summed E-state index contributed by atoms with van der Waals surface area (Å²) in [5.41, 5.74) is 3.04. The second-order valence-corrected chi connectivity index (χ2v) is 9.04. The van der Waals surface area contributed by atoms with Crippen molar-refractivity contribution >= 4 is 49.9 Å². The molecule has 4 nitrogen and oxygen atoms in total. The summed E-state index contributed by atoms with van der Waals surface area (Å²) in [6.07, 6.45) is 0.997. The third-order valence-electron chi connectivity index (χ3n) is 4.32. The molecule has 152 valence electrons. The third-order valence-corrected chi connectivity index (χ3v) is 5.95. The number of carbonyl (C=O) groups is 1. The molecule has 0 aliphatic carbocycles. The Labute approximate surface area is 188 Å². The highest BCUT2D eigenvalue weighted by molar-refractivity contribution is 9.10. The number of rotatable bonds is 8. The topological polar surface area (TPSA) is 51.2 Å². The lowest BCUT2D eigenvalue weighted by atomic mass is 10.0. The second-order valence-electron chi connectivity index (χ2n) is 6.89. The summed E-state index contributed by atoms with van der Waals surface area (Å²) in [4.78, 5) is 16.6. The van der Waals surface area contributed by atoms with Crippen molar-refractivity contribution in [2.45, 2.75) is 32.6 Å². The summed E-state index contributed by atoms with van der Waals surface area (Å²) in [6.45, 7) is 4.78. The summed E-state index contributed by atoms with van der Waals surface area (Å²) in [5, 5.41) is 6.04. The summed E-state index contributed by atoms with van der Waals surface area (Å²) in [6, 6.07) is 13.6. The zero-order valence-electron chi connectivity index (χ0n) is 16.2. The Balaban J connectivity index is 1.44. The number of ether oxygens (including phenoxy) is 1. The first-order valence-electron chi connectivity index (χ1n) is 9.36. The summed E-state index contributed by atoms with van der Waals surface area (Å²) in [5.74, 6) is 1.19. The molecule has 1 N–H and O–H groups in total. The van der Waals surface area contributed by atoms with E-state index in [0.29, 0.717) is 35.5 Å². The van der Waals surface area contributed by atoms with Gasteiger partial charge in [-0.3, -0.25) is 4.79 Å². The normalized spacial score (nSPS) is 10.9. The lowest BCUT2D eigenvalue weighted by Crippen LogP contribution is -2.12. The molecule has 0 saturated heterocycles. The highest BCUT2D eigenvalue weighted by Gasteiger charge is 2.09. The van der Waals surface area contributed by atoms with E-state index < -0.39 is 0 Å². The molecule has 7 heteroatoms. The Hall–Kier alpha value is -1.89. The molecule has 0 bridgehead atoms. The Bertz CT molecular complexity index is 973. The van der Waals surface area contributed by atoms with E-state index in [1.807, 2.05) is 35.7 Å². The number of halogens is 2. The molecule has 29 heavy (non-hydrogen) atoms. The van der Waals surface area contributed by atoms with Gasteiger partial charge in [-0.1, -0.05) is 43.6 Å². The van der Waals surface area contributed by atoms with E-state index in [1.54, 1.807) is 0 Å². The van der Waals surface area contributed by atoms with Crippen molar-refractivity contribution in [1.29, 1.82) is 0 Å². The molecular weight excluding hydrogens is 472 g/mol. The molecule has 0 unspecified atom stereocenters. The third kappa shape index (κ3) is 6.29. The van der Waals surface area contributed by atoms with E-state index in [2.05, 4.69) is 52.2 Å². The van der Waals surface area contributed by atoms with Crippen LogP contribution >= 0.6 is 38.9 Å². The van der Waals surface area contributed by atoms with Crippen molar-refractivity contribution < 1.29 is 9.53 Å². The van der Waals surface area contributed by atoms with Crippen LogP contribution in [0.1, 0.15) is 38.2 Å². The monoisotopic (exact) mass is 492 g/mol. The maximum atomic E-state index is 12.2. The minimum Gasteiger partial charge on any atom is -0.492 e. The van der Waals surface area contributed by atoms with Crippen LogP contribution in [-0.4, -0.2) is 17.5 Å². The number of hydrogen-bond acceptors (Lipinski definition) is 4. The first-order valence-corrected chi connectivity index (χ1v) is 11.4. The average Bonchev–Trinajstić information content (AvgIpc) is 3.15. The first kappa shape index (κ1) is 21.8. The zero-order chi connectivity index (χ0) is 20.8. The van der Waals surface area contributed by atoms with Crippen molar-refractivity contribution in [1.82, 2.24) is 4.98 Å². The number of aromatic nitrogens is 1. The number of nitrogens with one attached hydrogen (secondary N) is 1. The predicted molar refractivity (Wildman–Crippen MR) is 124 cm³/mol. The Kier molecular flexibility index (Phi) is 7.70. The minimum absolute atomic E-state index is 0.0696. The number of anilines is 1. The molecule has 0 radical (unpaired) electrons. The molecule has 0 atom stereocenters. The Morgan fingerprint density at radius 1 is 1.24 bits per heavy atom. The number of nitrogens with zero attached hydrogens (tertiary/aromatic N) is 1. The van der Waals surface area contributed by atoms with Crippen molar-refractivity contribution in [3.05, 3.63) is 62.9 Å². The minimum atomic E-state index is -0.0696. The second kappa shape index (κ2) is 10.2. The molecular formula is C22H22BrClN2O2S. The van der Waals surface area contributed by atoms with Crippen molar-refractivity contribution in [3.8, 4) is 17.0 Å². The number of hydrogen-bond donors (Lipinski definition) is 1. The van der Waals surface area contributed by atoms with E-state index in [0.717, 1.165) is 21.5 Å². The van der Waals surface area contributed by atoms with Gasteiger partial charge in [0, 0.05) is 22.4 Å². The van der Waals surface area contributed by atoms with Gasteiger partial charge in [0.2, 0.25) is 5.91 Å². The van der Waals surface area contributed by atoms with Crippen LogP contribution in [0.4, 0.5) is 5.13 Å². The molecule has 0 aliphatic rings. The number of thiazole rings is 1. The highest BCUT2D eigenvalue weighted by atomic mass is 79.9. The van der Waals surface area contributed by atoms with Crippen molar-refractivity contribution in [2.24, 2.45) is 0 Å². The molecule has 1 aromatic heterocycles. The van der Waals surface area contributed by atoms with Gasteiger partial charge in [0.15, 0.2) is 5.13 Å². The zero-order valence-corrected chi connectivity index (χ0v) is 19.4.